The molecule has 0 saturated heterocycles. The van der Waals surface area contributed by atoms with E-state index in [9.17, 15) is 4.79 Å². The summed E-state index contributed by atoms with van der Waals surface area (Å²) in [7, 11) is 0. The third kappa shape index (κ3) is 6.36. The van der Waals surface area contributed by atoms with Crippen molar-refractivity contribution >= 4 is 5.97 Å². The van der Waals surface area contributed by atoms with Gasteiger partial charge in [-0.05, 0) is 35.2 Å². The van der Waals surface area contributed by atoms with Gasteiger partial charge in [-0.1, -0.05) is 72.8 Å². The highest BCUT2D eigenvalue weighted by molar-refractivity contribution is 5.70. The summed E-state index contributed by atoms with van der Waals surface area (Å²) in [5.41, 5.74) is 3.43. The molecule has 0 aromatic heterocycles. The van der Waals surface area contributed by atoms with Gasteiger partial charge in [0, 0.05) is 0 Å². The highest BCUT2D eigenvalue weighted by Gasteiger charge is 1.98. The molecule has 0 atom stereocenters. The smallest absolute Gasteiger partial charge is 0.307 e. The summed E-state index contributed by atoms with van der Waals surface area (Å²) in [6, 6.07) is 27.2. The van der Waals surface area contributed by atoms with Crippen molar-refractivity contribution in [1.82, 2.24) is 0 Å². The van der Waals surface area contributed by atoms with E-state index in [4.69, 9.17) is 10.2 Å². The van der Waals surface area contributed by atoms with E-state index in [0.29, 0.717) is 5.56 Å². The summed E-state index contributed by atoms with van der Waals surface area (Å²) in [5.74, 6) is -0.713. The number of benzene rings is 3. The average molecular weight is 320 g/mol. The van der Waals surface area contributed by atoms with Gasteiger partial charge in [0.15, 0.2) is 0 Å². The number of hydrogen-bond acceptors (Lipinski definition) is 2. The van der Waals surface area contributed by atoms with Crippen LogP contribution in [0.4, 0.5) is 0 Å². The minimum atomic E-state index is -0.865. The van der Waals surface area contributed by atoms with Crippen molar-refractivity contribution in [3.05, 3.63) is 102 Å². The quantitative estimate of drug-likeness (QED) is 0.753. The van der Waals surface area contributed by atoms with E-state index in [0.717, 1.165) is 6.42 Å². The third-order valence-corrected chi connectivity index (χ3v) is 3.39. The molecule has 3 nitrogen and oxygen atoms in total. The lowest BCUT2D eigenvalue weighted by Gasteiger charge is -2.00. The summed E-state index contributed by atoms with van der Waals surface area (Å²) in [5, 5.41) is 17.2. The summed E-state index contributed by atoms with van der Waals surface area (Å²) >= 11 is 0. The third-order valence-electron chi connectivity index (χ3n) is 3.39. The van der Waals surface area contributed by atoms with Crippen molar-refractivity contribution in [2.75, 3.05) is 0 Å². The van der Waals surface area contributed by atoms with Crippen LogP contribution in [0.1, 0.15) is 16.7 Å². The maximum absolute atomic E-state index is 10.2. The zero-order valence-corrected chi connectivity index (χ0v) is 13.3. The van der Waals surface area contributed by atoms with Crippen LogP contribution < -0.4 is 0 Å². The topological polar surface area (TPSA) is 57.5 Å². The number of phenols is 1. The van der Waals surface area contributed by atoms with E-state index in [2.05, 4.69) is 60.7 Å². The first-order valence-electron chi connectivity index (χ1n) is 7.71. The molecule has 24 heavy (non-hydrogen) atoms. The Balaban J connectivity index is 0.000000177. The first kappa shape index (κ1) is 17.3. The fraction of sp³-hybridized carbons (Fsp3) is 0.0952. The molecule has 3 aromatic rings. The fourth-order valence-corrected chi connectivity index (χ4v) is 2.22. The monoisotopic (exact) mass is 320 g/mol. The molecule has 3 aromatic carbocycles. The van der Waals surface area contributed by atoms with Crippen LogP contribution in [0.2, 0.25) is 0 Å². The van der Waals surface area contributed by atoms with Gasteiger partial charge in [0.05, 0.1) is 6.42 Å². The lowest BCUT2D eigenvalue weighted by molar-refractivity contribution is -0.136. The first-order valence-corrected chi connectivity index (χ1v) is 7.71. The molecule has 0 aliphatic carbocycles. The van der Waals surface area contributed by atoms with Crippen LogP contribution in [0, 0.1) is 0 Å². The van der Waals surface area contributed by atoms with E-state index in [1.165, 1.54) is 23.3 Å². The van der Waals surface area contributed by atoms with Gasteiger partial charge in [-0.25, -0.2) is 0 Å². The molecule has 0 bridgehead atoms. The normalized spacial score (nSPS) is 9.67. The molecule has 2 N–H and O–H groups in total. The molecule has 0 unspecified atom stereocenters. The lowest BCUT2D eigenvalue weighted by Crippen LogP contribution is -1.98. The number of hydrogen-bond donors (Lipinski definition) is 2. The van der Waals surface area contributed by atoms with Crippen molar-refractivity contribution in [2.45, 2.75) is 12.8 Å². The molecule has 0 spiro atoms. The Morgan fingerprint density at radius 3 is 1.54 bits per heavy atom. The van der Waals surface area contributed by atoms with Crippen LogP contribution in [0.15, 0.2) is 84.9 Å². The molecule has 0 amide bonds. The van der Waals surface area contributed by atoms with Crippen molar-refractivity contribution < 1.29 is 15.0 Å². The van der Waals surface area contributed by atoms with Gasteiger partial charge in [0.1, 0.15) is 5.75 Å². The Hall–Kier alpha value is -3.07. The van der Waals surface area contributed by atoms with Gasteiger partial charge >= 0.3 is 5.97 Å². The summed E-state index contributed by atoms with van der Waals surface area (Å²) in [6.07, 6.45) is 1.03. The molecule has 3 rings (SSSR count). The van der Waals surface area contributed by atoms with Crippen LogP contribution in [-0.4, -0.2) is 16.2 Å². The molecule has 0 fully saturated rings. The number of aliphatic carboxylic acids is 1. The fourth-order valence-electron chi connectivity index (χ4n) is 2.22. The molecule has 0 saturated carbocycles. The van der Waals surface area contributed by atoms with Gasteiger partial charge in [0.2, 0.25) is 0 Å². The first-order chi connectivity index (χ1) is 11.6. The summed E-state index contributed by atoms with van der Waals surface area (Å²) in [4.78, 5) is 10.2. The molecule has 0 radical (unpaired) electrons. The molecule has 122 valence electrons. The number of rotatable bonds is 4. The van der Waals surface area contributed by atoms with Crippen LogP contribution in [0.3, 0.4) is 0 Å². The van der Waals surface area contributed by atoms with Crippen LogP contribution in [0.5, 0.6) is 5.75 Å². The van der Waals surface area contributed by atoms with Crippen LogP contribution in [0.25, 0.3) is 0 Å². The Labute approximate surface area is 141 Å². The van der Waals surface area contributed by atoms with E-state index >= 15 is 0 Å². The number of phenolic OH excluding ortho intramolecular Hbond substituents is 1. The predicted molar refractivity (Wildman–Crippen MR) is 95.1 cm³/mol. The highest BCUT2D eigenvalue weighted by Crippen LogP contribution is 2.10. The SMILES string of the molecule is O=C(O)Cc1ccc(O)cc1.c1ccc(Cc2ccccc2)cc1. The van der Waals surface area contributed by atoms with E-state index in [1.54, 1.807) is 12.1 Å². The highest BCUT2D eigenvalue weighted by atomic mass is 16.4. The van der Waals surface area contributed by atoms with Gasteiger partial charge in [-0.3, -0.25) is 4.79 Å². The van der Waals surface area contributed by atoms with Gasteiger partial charge in [0.25, 0.3) is 0 Å². The molecular weight excluding hydrogens is 300 g/mol. The lowest BCUT2D eigenvalue weighted by atomic mass is 10.1. The van der Waals surface area contributed by atoms with Gasteiger partial charge in [-0.15, -0.1) is 0 Å². The Kier molecular flexibility index (Phi) is 6.59. The minimum Gasteiger partial charge on any atom is -0.508 e. The number of carboxylic acid groups (broad SMARTS) is 1. The molecule has 0 aliphatic rings. The van der Waals surface area contributed by atoms with Crippen molar-refractivity contribution in [3.63, 3.8) is 0 Å². The second kappa shape index (κ2) is 9.16. The van der Waals surface area contributed by atoms with Crippen molar-refractivity contribution in [3.8, 4) is 5.75 Å². The van der Waals surface area contributed by atoms with Crippen molar-refractivity contribution in [2.24, 2.45) is 0 Å². The van der Waals surface area contributed by atoms with Crippen LogP contribution >= 0.6 is 0 Å². The largest absolute Gasteiger partial charge is 0.508 e. The second-order valence-electron chi connectivity index (χ2n) is 5.38. The van der Waals surface area contributed by atoms with E-state index in [-0.39, 0.29) is 12.2 Å². The maximum atomic E-state index is 10.2. The molecular formula is C21H20O3. The molecule has 3 heteroatoms. The maximum Gasteiger partial charge on any atom is 0.307 e. The molecule has 0 aliphatic heterocycles. The van der Waals surface area contributed by atoms with E-state index < -0.39 is 5.97 Å². The number of carboxylic acids is 1. The summed E-state index contributed by atoms with van der Waals surface area (Å²) in [6.45, 7) is 0. The van der Waals surface area contributed by atoms with Gasteiger partial charge < -0.3 is 10.2 Å². The second-order valence-corrected chi connectivity index (χ2v) is 5.38. The Morgan fingerprint density at radius 2 is 1.12 bits per heavy atom. The minimum absolute atomic E-state index is 0.000278. The van der Waals surface area contributed by atoms with Gasteiger partial charge in [-0.2, -0.15) is 0 Å². The predicted octanol–water partition coefficient (Wildman–Crippen LogP) is 4.30. The standard InChI is InChI=1S/C13H12.C8H8O3/c1-3-7-12(8-4-1)11-13-9-5-2-6-10-13;9-7-3-1-6(2-4-7)5-8(10)11/h1-10H,11H2;1-4,9H,5H2,(H,10,11). The zero-order chi connectivity index (χ0) is 17.2. The Bertz CT molecular complexity index is 698. The zero-order valence-electron chi connectivity index (χ0n) is 13.3. The number of carbonyl (C=O) groups is 1. The molecule has 0 heterocycles. The summed E-state index contributed by atoms with van der Waals surface area (Å²) < 4.78 is 0. The van der Waals surface area contributed by atoms with Crippen molar-refractivity contribution in [1.29, 1.82) is 0 Å². The Morgan fingerprint density at radius 1 is 0.667 bits per heavy atom. The van der Waals surface area contributed by atoms with E-state index in [1.807, 2.05) is 0 Å². The van der Waals surface area contributed by atoms with Crippen LogP contribution in [-0.2, 0) is 17.6 Å². The number of aromatic hydroxyl groups is 1. The average Bonchev–Trinajstić information content (AvgIpc) is 2.59.